The number of fused-ring (bicyclic) bond motifs is 1. The molecule has 0 atom stereocenters. The Morgan fingerprint density at radius 2 is 1.94 bits per heavy atom. The van der Waals surface area contributed by atoms with Crippen LogP contribution < -0.4 is 4.74 Å². The van der Waals surface area contributed by atoms with Crippen molar-refractivity contribution in [2.75, 3.05) is 6.61 Å². The van der Waals surface area contributed by atoms with Gasteiger partial charge in [-0.2, -0.15) is 0 Å². The summed E-state index contributed by atoms with van der Waals surface area (Å²) in [6.45, 7) is 6.81. The summed E-state index contributed by atoms with van der Waals surface area (Å²) in [5.74, 6) is 2.05. The smallest absolute Gasteiger partial charge is 0.303 e. The van der Waals surface area contributed by atoms with Gasteiger partial charge in [-0.15, -0.1) is 0 Å². The zero-order valence-electron chi connectivity index (χ0n) is 19.6. The second-order valence-corrected chi connectivity index (χ2v) is 8.84. The minimum Gasteiger partial charge on any atom is -0.493 e. The number of ether oxygens (including phenoxy) is 1. The predicted octanol–water partition coefficient (Wildman–Crippen LogP) is 6.59. The maximum Gasteiger partial charge on any atom is 0.303 e. The van der Waals surface area contributed by atoms with Crippen LogP contribution in [0.25, 0.3) is 17.0 Å². The Bertz CT molecular complexity index is 1160. The van der Waals surface area contributed by atoms with Crippen LogP contribution >= 0.6 is 0 Å². The molecule has 33 heavy (non-hydrogen) atoms. The lowest BCUT2D eigenvalue weighted by atomic mass is 9.88. The van der Waals surface area contributed by atoms with Crippen molar-refractivity contribution >= 4 is 11.5 Å². The Hall–Kier alpha value is -3.34. The average Bonchev–Trinajstić information content (AvgIpc) is 3.18. The van der Waals surface area contributed by atoms with Crippen LogP contribution in [0.2, 0.25) is 0 Å². The molecule has 0 spiro atoms. The number of rotatable bonds is 9. The molecule has 0 bridgehead atoms. The third-order valence-corrected chi connectivity index (χ3v) is 6.19. The van der Waals surface area contributed by atoms with E-state index in [-0.39, 0.29) is 6.42 Å². The number of aryl methyl sites for hydroxylation is 1. The van der Waals surface area contributed by atoms with E-state index in [1.807, 2.05) is 19.1 Å². The van der Waals surface area contributed by atoms with Crippen LogP contribution in [0.15, 0.2) is 53.0 Å². The van der Waals surface area contributed by atoms with E-state index in [0.29, 0.717) is 31.3 Å². The minimum atomic E-state index is -0.770. The number of carboxylic acid groups (broad SMARTS) is 1. The second-order valence-electron chi connectivity index (χ2n) is 8.84. The van der Waals surface area contributed by atoms with Gasteiger partial charge in [-0.05, 0) is 67.0 Å². The first-order valence-electron chi connectivity index (χ1n) is 11.6. The van der Waals surface area contributed by atoms with Gasteiger partial charge in [-0.3, -0.25) is 4.79 Å². The summed E-state index contributed by atoms with van der Waals surface area (Å²) in [7, 11) is 0. The van der Waals surface area contributed by atoms with Crippen molar-refractivity contribution in [2.45, 2.75) is 58.8 Å². The first-order valence-corrected chi connectivity index (χ1v) is 11.6. The number of hydrogen-bond donors (Lipinski definition) is 1. The summed E-state index contributed by atoms with van der Waals surface area (Å²) in [6.07, 6.45) is 5.31. The monoisotopic (exact) mass is 445 g/mol. The van der Waals surface area contributed by atoms with Crippen LogP contribution in [0.1, 0.15) is 67.2 Å². The average molecular weight is 446 g/mol. The van der Waals surface area contributed by atoms with Crippen LogP contribution in [-0.2, 0) is 17.6 Å². The lowest BCUT2D eigenvalue weighted by Gasteiger charge is -2.20. The van der Waals surface area contributed by atoms with E-state index in [1.165, 1.54) is 11.1 Å². The second kappa shape index (κ2) is 10.1. The third-order valence-electron chi connectivity index (χ3n) is 6.19. The van der Waals surface area contributed by atoms with Gasteiger partial charge in [0.2, 0.25) is 5.89 Å². The van der Waals surface area contributed by atoms with E-state index in [0.717, 1.165) is 46.7 Å². The van der Waals surface area contributed by atoms with Crippen LogP contribution in [0.5, 0.6) is 5.75 Å². The number of nitrogens with zero attached hydrogens (tertiary/aromatic N) is 1. The van der Waals surface area contributed by atoms with Gasteiger partial charge in [0.25, 0.3) is 0 Å². The number of oxazole rings is 1. The molecule has 0 saturated carbocycles. The molecule has 0 saturated heterocycles. The SMILES string of the molecule is Cc1oc(-c2ccc(C(C)C)cc2)nc1CCOc1cccc2c1CCC=C2CCC(=O)O. The molecule has 1 aliphatic carbocycles. The first-order chi connectivity index (χ1) is 15.9. The molecule has 0 radical (unpaired) electrons. The highest BCUT2D eigenvalue weighted by atomic mass is 16.5. The van der Waals surface area contributed by atoms with Gasteiger partial charge in [0.1, 0.15) is 11.5 Å². The van der Waals surface area contributed by atoms with E-state index in [9.17, 15) is 4.79 Å². The lowest BCUT2D eigenvalue weighted by Crippen LogP contribution is -2.08. The molecule has 5 nitrogen and oxygen atoms in total. The van der Waals surface area contributed by atoms with Crippen molar-refractivity contribution in [3.63, 3.8) is 0 Å². The molecule has 1 aliphatic rings. The summed E-state index contributed by atoms with van der Waals surface area (Å²) < 4.78 is 12.1. The van der Waals surface area contributed by atoms with Crippen molar-refractivity contribution in [3.05, 3.63) is 76.7 Å². The summed E-state index contributed by atoms with van der Waals surface area (Å²) in [5.41, 5.74) is 6.57. The molecule has 4 rings (SSSR count). The summed E-state index contributed by atoms with van der Waals surface area (Å²) in [5, 5.41) is 9.04. The molecule has 0 fully saturated rings. The van der Waals surface area contributed by atoms with Gasteiger partial charge in [0, 0.05) is 24.0 Å². The Labute approximate surface area is 195 Å². The van der Waals surface area contributed by atoms with E-state index in [2.05, 4.69) is 50.3 Å². The van der Waals surface area contributed by atoms with Crippen LogP contribution in [0.3, 0.4) is 0 Å². The first kappa shape index (κ1) is 22.8. The van der Waals surface area contributed by atoms with E-state index in [1.54, 1.807) is 0 Å². The molecule has 5 heteroatoms. The maximum atomic E-state index is 11.0. The molecule has 0 unspecified atom stereocenters. The number of allylic oxidation sites excluding steroid dienone is 2. The minimum absolute atomic E-state index is 0.143. The standard InChI is InChI=1S/C28H31NO4/c1-18(2)20-10-12-22(13-11-20)28-29-25(19(3)33-28)16-17-32-26-9-5-7-23-21(14-15-27(30)31)6-4-8-24(23)26/h5-7,9-13,18H,4,8,14-17H2,1-3H3,(H,30,31). The molecule has 0 amide bonds. The summed E-state index contributed by atoms with van der Waals surface area (Å²) in [6, 6.07) is 14.4. The van der Waals surface area contributed by atoms with E-state index in [4.69, 9.17) is 19.2 Å². The highest BCUT2D eigenvalue weighted by Crippen LogP contribution is 2.35. The molecule has 1 heterocycles. The zero-order chi connectivity index (χ0) is 23.4. The highest BCUT2D eigenvalue weighted by molar-refractivity contribution is 5.76. The topological polar surface area (TPSA) is 72.6 Å². The normalized spacial score (nSPS) is 13.0. The molecular weight excluding hydrogens is 414 g/mol. The van der Waals surface area contributed by atoms with Crippen LogP contribution in [0.4, 0.5) is 0 Å². The van der Waals surface area contributed by atoms with Crippen molar-refractivity contribution in [3.8, 4) is 17.2 Å². The Morgan fingerprint density at radius 3 is 2.67 bits per heavy atom. The fourth-order valence-corrected chi connectivity index (χ4v) is 4.29. The molecule has 1 N–H and O–H groups in total. The summed E-state index contributed by atoms with van der Waals surface area (Å²) >= 11 is 0. The predicted molar refractivity (Wildman–Crippen MR) is 130 cm³/mol. The van der Waals surface area contributed by atoms with Gasteiger partial charge in [-0.1, -0.05) is 44.2 Å². The largest absolute Gasteiger partial charge is 0.493 e. The molecule has 172 valence electrons. The quantitative estimate of drug-likeness (QED) is 0.402. The van der Waals surface area contributed by atoms with Crippen LogP contribution in [0, 0.1) is 6.92 Å². The lowest BCUT2D eigenvalue weighted by molar-refractivity contribution is -0.136. The Kier molecular flexibility index (Phi) is 6.97. The highest BCUT2D eigenvalue weighted by Gasteiger charge is 2.18. The Balaban J connectivity index is 1.42. The van der Waals surface area contributed by atoms with Crippen molar-refractivity contribution in [2.24, 2.45) is 0 Å². The van der Waals surface area contributed by atoms with Gasteiger partial charge in [0.15, 0.2) is 0 Å². The molecule has 3 aromatic rings. The van der Waals surface area contributed by atoms with Gasteiger partial charge in [-0.25, -0.2) is 4.98 Å². The fourth-order valence-electron chi connectivity index (χ4n) is 4.29. The van der Waals surface area contributed by atoms with Crippen LogP contribution in [-0.4, -0.2) is 22.7 Å². The molecular formula is C28H31NO4. The van der Waals surface area contributed by atoms with Gasteiger partial charge < -0.3 is 14.3 Å². The molecule has 0 aliphatic heterocycles. The van der Waals surface area contributed by atoms with E-state index >= 15 is 0 Å². The maximum absolute atomic E-state index is 11.0. The third kappa shape index (κ3) is 5.36. The number of carboxylic acids is 1. The molecule has 1 aromatic heterocycles. The number of carbonyl (C=O) groups is 1. The fraction of sp³-hybridized carbons (Fsp3) is 0.357. The number of hydrogen-bond acceptors (Lipinski definition) is 4. The van der Waals surface area contributed by atoms with Gasteiger partial charge in [0.05, 0.1) is 12.3 Å². The zero-order valence-corrected chi connectivity index (χ0v) is 19.6. The van der Waals surface area contributed by atoms with E-state index < -0.39 is 5.97 Å². The molecule has 2 aromatic carbocycles. The Morgan fingerprint density at radius 1 is 1.15 bits per heavy atom. The van der Waals surface area contributed by atoms with Crippen molar-refractivity contribution in [1.82, 2.24) is 4.98 Å². The van der Waals surface area contributed by atoms with Crippen molar-refractivity contribution < 1.29 is 19.1 Å². The number of benzene rings is 2. The van der Waals surface area contributed by atoms with Crippen molar-refractivity contribution in [1.29, 1.82) is 0 Å². The number of aliphatic carboxylic acids is 1. The number of aromatic nitrogens is 1. The van der Waals surface area contributed by atoms with Gasteiger partial charge >= 0.3 is 5.97 Å². The summed E-state index contributed by atoms with van der Waals surface area (Å²) in [4.78, 5) is 15.7.